The van der Waals surface area contributed by atoms with Crippen molar-refractivity contribution in [3.05, 3.63) is 41.6 Å². The van der Waals surface area contributed by atoms with E-state index in [9.17, 15) is 4.79 Å². The summed E-state index contributed by atoms with van der Waals surface area (Å²) in [6.07, 6.45) is 5.01. The van der Waals surface area contributed by atoms with Crippen LogP contribution < -0.4 is 5.43 Å². The van der Waals surface area contributed by atoms with Crippen molar-refractivity contribution in [1.82, 2.24) is 10.3 Å². The molecule has 2 aliphatic rings. The minimum absolute atomic E-state index is 0.0492. The summed E-state index contributed by atoms with van der Waals surface area (Å²) < 4.78 is 0. The molecule has 1 N–H and O–H groups in total. The van der Waals surface area contributed by atoms with Crippen molar-refractivity contribution in [2.45, 2.75) is 6.17 Å². The van der Waals surface area contributed by atoms with Gasteiger partial charge in [0.25, 0.3) is 0 Å². The lowest BCUT2D eigenvalue weighted by atomic mass is 10.0. The normalized spacial score (nSPS) is 22.0. The van der Waals surface area contributed by atoms with Crippen molar-refractivity contribution in [1.29, 1.82) is 0 Å². The molecule has 2 heterocycles. The Labute approximate surface area is 86.9 Å². The molecule has 0 saturated carbocycles. The zero-order valence-corrected chi connectivity index (χ0v) is 7.92. The monoisotopic (exact) mass is 199 g/mol. The lowest BCUT2D eigenvalue weighted by Crippen LogP contribution is -2.40. The van der Waals surface area contributed by atoms with Crippen LogP contribution in [0.3, 0.4) is 0 Å². The number of carbonyl (C=O) groups excluding carboxylic acids is 1. The first-order valence-corrected chi connectivity index (χ1v) is 4.74. The molecule has 1 atom stereocenters. The molecule has 0 aromatic heterocycles. The summed E-state index contributed by atoms with van der Waals surface area (Å²) in [5, 5.41) is 3.87. The molecule has 1 aromatic rings. The van der Waals surface area contributed by atoms with E-state index in [1.807, 2.05) is 36.5 Å². The minimum Gasteiger partial charge on any atom is -0.308 e. The molecule has 0 radical (unpaired) electrons. The van der Waals surface area contributed by atoms with E-state index in [-0.39, 0.29) is 11.9 Å². The van der Waals surface area contributed by atoms with Gasteiger partial charge in [0.15, 0.2) is 6.17 Å². The zero-order chi connectivity index (χ0) is 10.3. The number of ketones is 1. The molecule has 0 bridgehead atoms. The third kappa shape index (κ3) is 1.15. The number of hydrogen-bond donors (Lipinski definition) is 1. The predicted octanol–water partition coefficient (Wildman–Crippen LogP) is 1.03. The van der Waals surface area contributed by atoms with Crippen LogP contribution in [0.25, 0.3) is 6.08 Å². The summed E-state index contributed by atoms with van der Waals surface area (Å²) in [7, 11) is 0. The molecule has 0 fully saturated rings. The summed E-state index contributed by atoms with van der Waals surface area (Å²) >= 11 is 0. The highest BCUT2D eigenvalue weighted by Gasteiger charge is 2.29. The molecule has 74 valence electrons. The Kier molecular flexibility index (Phi) is 1.62. The van der Waals surface area contributed by atoms with Gasteiger partial charge in [0.1, 0.15) is 6.34 Å². The molecule has 4 nitrogen and oxygen atoms in total. The van der Waals surface area contributed by atoms with Crippen LogP contribution in [0.4, 0.5) is 0 Å². The van der Waals surface area contributed by atoms with Crippen LogP contribution in [0, 0.1) is 0 Å². The highest BCUT2D eigenvalue weighted by atomic mass is 16.1. The van der Waals surface area contributed by atoms with E-state index >= 15 is 0 Å². The van der Waals surface area contributed by atoms with E-state index in [2.05, 4.69) is 10.5 Å². The van der Waals surface area contributed by atoms with E-state index in [1.54, 1.807) is 11.2 Å². The largest absolute Gasteiger partial charge is 0.308 e. The Bertz CT molecular complexity index is 478. The van der Waals surface area contributed by atoms with Gasteiger partial charge in [-0.1, -0.05) is 24.3 Å². The molecule has 4 heteroatoms. The van der Waals surface area contributed by atoms with Crippen LogP contribution in [0.15, 0.2) is 35.6 Å². The maximum atomic E-state index is 12.1. The van der Waals surface area contributed by atoms with E-state index in [0.29, 0.717) is 0 Å². The summed E-state index contributed by atoms with van der Waals surface area (Å²) in [4.78, 5) is 13.9. The summed E-state index contributed by atoms with van der Waals surface area (Å²) in [6.45, 7) is 0. The molecular formula is C11H9N3O. The number of carbonyl (C=O) groups is 1. The Morgan fingerprint density at radius 2 is 2.20 bits per heavy atom. The number of nitrogens with one attached hydrogen (secondary N) is 1. The van der Waals surface area contributed by atoms with E-state index in [0.717, 1.165) is 11.1 Å². The Hall–Kier alpha value is -2.10. The molecule has 3 rings (SSSR count). The van der Waals surface area contributed by atoms with Gasteiger partial charge in [-0.15, -0.1) is 0 Å². The number of fused-ring (bicyclic) bond motifs is 2. The third-order valence-electron chi connectivity index (χ3n) is 2.59. The first kappa shape index (κ1) is 8.23. The molecular weight excluding hydrogens is 190 g/mol. The maximum Gasteiger partial charge on any atom is 0.207 e. The summed E-state index contributed by atoms with van der Waals surface area (Å²) in [5.74, 6) is 0.0492. The van der Waals surface area contributed by atoms with Crippen molar-refractivity contribution < 1.29 is 4.79 Å². The molecule has 1 unspecified atom stereocenters. The van der Waals surface area contributed by atoms with Gasteiger partial charge in [0.05, 0.1) is 0 Å². The van der Waals surface area contributed by atoms with Gasteiger partial charge < -0.3 is 4.90 Å². The number of benzene rings is 1. The SMILES string of the molecule is O=C1c2ccccc2C=CN2C=NNC12. The van der Waals surface area contributed by atoms with E-state index in [4.69, 9.17) is 0 Å². The molecule has 15 heavy (non-hydrogen) atoms. The van der Waals surface area contributed by atoms with Crippen LogP contribution in [-0.4, -0.2) is 23.2 Å². The van der Waals surface area contributed by atoms with Gasteiger partial charge in [-0.2, -0.15) is 5.10 Å². The fourth-order valence-corrected chi connectivity index (χ4v) is 1.80. The van der Waals surface area contributed by atoms with Gasteiger partial charge in [-0.3, -0.25) is 10.2 Å². The van der Waals surface area contributed by atoms with Gasteiger partial charge in [0.2, 0.25) is 5.78 Å². The second kappa shape index (κ2) is 2.95. The average molecular weight is 199 g/mol. The molecule has 0 spiro atoms. The second-order valence-corrected chi connectivity index (χ2v) is 3.49. The number of rotatable bonds is 0. The highest BCUT2D eigenvalue weighted by Crippen LogP contribution is 2.20. The third-order valence-corrected chi connectivity index (χ3v) is 2.59. The standard InChI is InChI=1S/C11H9N3O/c15-10-9-4-2-1-3-8(9)5-6-14-7-12-13-11(10)14/h1-7,11,13H. The van der Waals surface area contributed by atoms with Gasteiger partial charge in [-0.25, -0.2) is 0 Å². The summed E-state index contributed by atoms with van der Waals surface area (Å²) in [5.41, 5.74) is 4.47. The van der Waals surface area contributed by atoms with Crippen LogP contribution in [0.2, 0.25) is 0 Å². The Balaban J connectivity index is 2.14. The lowest BCUT2D eigenvalue weighted by molar-refractivity contribution is 0.0903. The predicted molar refractivity (Wildman–Crippen MR) is 57.1 cm³/mol. The van der Waals surface area contributed by atoms with Crippen LogP contribution in [0.1, 0.15) is 15.9 Å². The van der Waals surface area contributed by atoms with Crippen molar-refractivity contribution in [2.75, 3.05) is 0 Å². The topological polar surface area (TPSA) is 44.7 Å². The Morgan fingerprint density at radius 3 is 3.13 bits per heavy atom. The molecule has 0 saturated heterocycles. The fraction of sp³-hybridized carbons (Fsp3) is 0.0909. The molecule has 2 aliphatic heterocycles. The van der Waals surface area contributed by atoms with Gasteiger partial charge >= 0.3 is 0 Å². The van der Waals surface area contributed by atoms with Crippen molar-refractivity contribution in [3.8, 4) is 0 Å². The van der Waals surface area contributed by atoms with E-state index in [1.165, 1.54) is 0 Å². The van der Waals surface area contributed by atoms with Gasteiger partial charge in [-0.05, 0) is 11.6 Å². The zero-order valence-electron chi connectivity index (χ0n) is 7.92. The maximum absolute atomic E-state index is 12.1. The average Bonchev–Trinajstić information content (AvgIpc) is 2.69. The first-order chi connectivity index (χ1) is 7.36. The minimum atomic E-state index is -0.384. The van der Waals surface area contributed by atoms with Crippen LogP contribution in [0.5, 0.6) is 0 Å². The number of Topliss-reactive ketones (excluding diaryl/α,β-unsaturated/α-hetero) is 1. The number of hydrazone groups is 1. The first-order valence-electron chi connectivity index (χ1n) is 4.74. The smallest absolute Gasteiger partial charge is 0.207 e. The molecule has 0 aliphatic carbocycles. The number of nitrogens with zero attached hydrogens (tertiary/aromatic N) is 2. The van der Waals surface area contributed by atoms with Crippen molar-refractivity contribution in [3.63, 3.8) is 0 Å². The lowest BCUT2D eigenvalue weighted by Gasteiger charge is -2.16. The molecule has 1 aromatic carbocycles. The Morgan fingerprint density at radius 1 is 1.33 bits per heavy atom. The van der Waals surface area contributed by atoms with E-state index < -0.39 is 0 Å². The van der Waals surface area contributed by atoms with Gasteiger partial charge in [0, 0.05) is 11.8 Å². The highest BCUT2D eigenvalue weighted by molar-refractivity contribution is 6.05. The van der Waals surface area contributed by atoms with Crippen LogP contribution in [-0.2, 0) is 0 Å². The van der Waals surface area contributed by atoms with Crippen LogP contribution >= 0.6 is 0 Å². The number of hydrogen-bond acceptors (Lipinski definition) is 4. The fourth-order valence-electron chi connectivity index (χ4n) is 1.80. The summed E-state index contributed by atoms with van der Waals surface area (Å²) in [6, 6.07) is 7.57. The second-order valence-electron chi connectivity index (χ2n) is 3.49. The quantitative estimate of drug-likeness (QED) is 0.678. The molecule has 0 amide bonds. The van der Waals surface area contributed by atoms with Crippen molar-refractivity contribution >= 4 is 18.2 Å². The van der Waals surface area contributed by atoms with Crippen molar-refractivity contribution in [2.24, 2.45) is 5.10 Å².